The highest BCUT2D eigenvalue weighted by Gasteiger charge is 2.27. The van der Waals surface area contributed by atoms with Crippen molar-refractivity contribution in [2.45, 2.75) is 40.7 Å². The number of ketones is 1. The van der Waals surface area contributed by atoms with Crippen LogP contribution in [0.4, 0.5) is 0 Å². The normalized spacial score (nSPS) is 11.7. The predicted octanol–water partition coefficient (Wildman–Crippen LogP) is 3.54. The van der Waals surface area contributed by atoms with E-state index in [1.807, 2.05) is 19.1 Å². The van der Waals surface area contributed by atoms with Gasteiger partial charge in [-0.25, -0.2) is 9.59 Å². The molecule has 1 atom stereocenters. The molecule has 0 aliphatic carbocycles. The van der Waals surface area contributed by atoms with E-state index in [9.17, 15) is 14.4 Å². The predicted molar refractivity (Wildman–Crippen MR) is 96.6 cm³/mol. The molecule has 0 bridgehead atoms. The highest BCUT2D eigenvalue weighted by Crippen LogP contribution is 2.21. The number of benzene rings is 1. The second-order valence-electron chi connectivity index (χ2n) is 6.12. The van der Waals surface area contributed by atoms with E-state index in [2.05, 4.69) is 4.98 Å². The zero-order valence-corrected chi connectivity index (χ0v) is 15.6. The molecule has 1 aromatic heterocycles. The molecule has 1 N–H and O–H groups in total. The Morgan fingerprint density at radius 2 is 1.65 bits per heavy atom. The quantitative estimate of drug-likeness (QED) is 0.631. The average Bonchev–Trinajstić information content (AvgIpc) is 2.89. The van der Waals surface area contributed by atoms with Crippen LogP contribution < -0.4 is 0 Å². The van der Waals surface area contributed by atoms with Crippen LogP contribution in [-0.4, -0.2) is 35.4 Å². The van der Waals surface area contributed by atoms with Gasteiger partial charge in [0, 0.05) is 11.3 Å². The molecular formula is C20H23NO5. The van der Waals surface area contributed by atoms with E-state index in [1.165, 1.54) is 6.92 Å². The van der Waals surface area contributed by atoms with Gasteiger partial charge in [0.25, 0.3) is 0 Å². The zero-order chi connectivity index (χ0) is 19.4. The maximum Gasteiger partial charge on any atom is 0.355 e. The number of aromatic nitrogens is 1. The fraction of sp³-hybridized carbons (Fsp3) is 0.350. The van der Waals surface area contributed by atoms with E-state index in [-0.39, 0.29) is 23.6 Å². The number of ether oxygens (including phenoxy) is 2. The summed E-state index contributed by atoms with van der Waals surface area (Å²) in [6, 6.07) is 7.06. The maximum atomic E-state index is 12.5. The summed E-state index contributed by atoms with van der Waals surface area (Å²) in [6.45, 7) is 8.70. The SMILES string of the molecule is CCOC(=O)c1[nH]c(C)c(C(=O)O[C@H](C)C(=O)c2ccc(C)cc2)c1C. The van der Waals surface area contributed by atoms with Gasteiger partial charge >= 0.3 is 11.9 Å². The molecule has 2 aromatic rings. The third kappa shape index (κ3) is 4.02. The molecule has 138 valence electrons. The van der Waals surface area contributed by atoms with Crippen LogP contribution in [0.5, 0.6) is 0 Å². The Morgan fingerprint density at radius 3 is 2.23 bits per heavy atom. The third-order valence-electron chi connectivity index (χ3n) is 4.11. The maximum absolute atomic E-state index is 12.5. The molecule has 6 heteroatoms. The van der Waals surface area contributed by atoms with Gasteiger partial charge in [0.1, 0.15) is 5.69 Å². The summed E-state index contributed by atoms with van der Waals surface area (Å²) in [7, 11) is 0. The molecule has 1 heterocycles. The molecule has 1 aromatic carbocycles. The second kappa shape index (κ2) is 7.99. The van der Waals surface area contributed by atoms with Crippen molar-refractivity contribution in [3.05, 3.63) is 57.9 Å². The molecule has 0 spiro atoms. The molecular weight excluding hydrogens is 334 g/mol. The smallest absolute Gasteiger partial charge is 0.355 e. The molecule has 0 saturated heterocycles. The van der Waals surface area contributed by atoms with Crippen molar-refractivity contribution in [1.82, 2.24) is 4.98 Å². The Labute approximate surface area is 152 Å². The number of aryl methyl sites for hydroxylation is 2. The van der Waals surface area contributed by atoms with Crippen molar-refractivity contribution in [1.29, 1.82) is 0 Å². The minimum absolute atomic E-state index is 0.216. The van der Waals surface area contributed by atoms with Crippen molar-refractivity contribution in [2.24, 2.45) is 0 Å². The largest absolute Gasteiger partial charge is 0.461 e. The van der Waals surface area contributed by atoms with Crippen LogP contribution in [0.2, 0.25) is 0 Å². The highest BCUT2D eigenvalue weighted by molar-refractivity contribution is 6.03. The number of nitrogens with one attached hydrogen (secondary N) is 1. The van der Waals surface area contributed by atoms with Gasteiger partial charge in [-0.3, -0.25) is 4.79 Å². The average molecular weight is 357 g/mol. The molecule has 0 saturated carbocycles. The van der Waals surface area contributed by atoms with Crippen LogP contribution in [0.1, 0.15) is 61.9 Å². The first-order valence-corrected chi connectivity index (χ1v) is 8.44. The van der Waals surface area contributed by atoms with Gasteiger partial charge in [0.15, 0.2) is 6.10 Å². The standard InChI is InChI=1S/C20H23NO5/c1-6-25-20(24)17-12(3)16(13(4)21-17)19(23)26-14(5)18(22)15-9-7-11(2)8-10-15/h7-10,14,21H,6H2,1-5H3/t14-/m1/s1. The zero-order valence-electron chi connectivity index (χ0n) is 15.6. The summed E-state index contributed by atoms with van der Waals surface area (Å²) in [5.74, 6) is -1.47. The van der Waals surface area contributed by atoms with E-state index in [0.29, 0.717) is 16.8 Å². The number of esters is 2. The molecule has 26 heavy (non-hydrogen) atoms. The van der Waals surface area contributed by atoms with Gasteiger partial charge in [-0.2, -0.15) is 0 Å². The number of hydrogen-bond acceptors (Lipinski definition) is 5. The molecule has 0 unspecified atom stereocenters. The summed E-state index contributed by atoms with van der Waals surface area (Å²) >= 11 is 0. The molecule has 0 aliphatic heterocycles. The Balaban J connectivity index is 2.18. The fourth-order valence-electron chi connectivity index (χ4n) is 2.69. The van der Waals surface area contributed by atoms with Crippen molar-refractivity contribution in [2.75, 3.05) is 6.61 Å². The first kappa shape index (κ1) is 19.4. The van der Waals surface area contributed by atoms with Gasteiger partial charge < -0.3 is 14.5 Å². The third-order valence-corrected chi connectivity index (χ3v) is 4.11. The molecule has 6 nitrogen and oxygen atoms in total. The van der Waals surface area contributed by atoms with Crippen molar-refractivity contribution in [3.8, 4) is 0 Å². The molecule has 2 rings (SSSR count). The summed E-state index contributed by atoms with van der Waals surface area (Å²) < 4.78 is 10.3. The summed E-state index contributed by atoms with van der Waals surface area (Å²) in [5.41, 5.74) is 2.92. The fourth-order valence-corrected chi connectivity index (χ4v) is 2.69. The Morgan fingerprint density at radius 1 is 1.04 bits per heavy atom. The minimum atomic E-state index is -0.940. The monoisotopic (exact) mass is 357 g/mol. The Bertz CT molecular complexity index is 833. The van der Waals surface area contributed by atoms with Crippen molar-refractivity contribution >= 4 is 17.7 Å². The van der Waals surface area contributed by atoms with E-state index in [1.54, 1.807) is 32.9 Å². The van der Waals surface area contributed by atoms with E-state index < -0.39 is 18.0 Å². The summed E-state index contributed by atoms with van der Waals surface area (Å²) in [4.78, 5) is 39.8. The van der Waals surface area contributed by atoms with E-state index >= 15 is 0 Å². The number of Topliss-reactive ketones (excluding diaryl/α,β-unsaturated/α-hetero) is 1. The topological polar surface area (TPSA) is 85.5 Å². The first-order valence-electron chi connectivity index (χ1n) is 8.44. The van der Waals surface area contributed by atoms with Crippen LogP contribution in [0.3, 0.4) is 0 Å². The number of aromatic amines is 1. The van der Waals surface area contributed by atoms with Gasteiger partial charge in [0.05, 0.1) is 12.2 Å². The highest BCUT2D eigenvalue weighted by atomic mass is 16.5. The van der Waals surface area contributed by atoms with Crippen molar-refractivity contribution < 1.29 is 23.9 Å². The van der Waals surface area contributed by atoms with Gasteiger partial charge in [-0.05, 0) is 40.2 Å². The lowest BCUT2D eigenvalue weighted by Crippen LogP contribution is -2.25. The van der Waals surface area contributed by atoms with Gasteiger partial charge in [0.2, 0.25) is 5.78 Å². The minimum Gasteiger partial charge on any atom is -0.461 e. The van der Waals surface area contributed by atoms with Gasteiger partial charge in [-0.1, -0.05) is 29.8 Å². The van der Waals surface area contributed by atoms with Crippen LogP contribution >= 0.6 is 0 Å². The van der Waals surface area contributed by atoms with Crippen LogP contribution in [0, 0.1) is 20.8 Å². The lowest BCUT2D eigenvalue weighted by atomic mass is 10.1. The van der Waals surface area contributed by atoms with E-state index in [4.69, 9.17) is 9.47 Å². The number of carbonyl (C=O) groups excluding carboxylic acids is 3. The van der Waals surface area contributed by atoms with Crippen LogP contribution in [0.25, 0.3) is 0 Å². The lowest BCUT2D eigenvalue weighted by Gasteiger charge is -2.13. The van der Waals surface area contributed by atoms with Gasteiger partial charge in [-0.15, -0.1) is 0 Å². The molecule has 0 fully saturated rings. The number of rotatable bonds is 6. The summed E-state index contributed by atoms with van der Waals surface area (Å²) in [5, 5.41) is 0. The van der Waals surface area contributed by atoms with E-state index in [0.717, 1.165) is 5.56 Å². The number of H-pyrrole nitrogens is 1. The molecule has 0 radical (unpaired) electrons. The lowest BCUT2D eigenvalue weighted by molar-refractivity contribution is 0.0317. The van der Waals surface area contributed by atoms with Crippen molar-refractivity contribution in [3.63, 3.8) is 0 Å². The Hall–Kier alpha value is -2.89. The molecule has 0 amide bonds. The van der Waals surface area contributed by atoms with Crippen LogP contribution in [0.15, 0.2) is 24.3 Å². The first-order chi connectivity index (χ1) is 12.3. The summed E-state index contributed by atoms with van der Waals surface area (Å²) in [6.07, 6.45) is -0.940. The molecule has 0 aliphatic rings. The second-order valence-corrected chi connectivity index (χ2v) is 6.12. The number of hydrogen-bond donors (Lipinski definition) is 1. The van der Waals surface area contributed by atoms with Crippen LogP contribution in [-0.2, 0) is 9.47 Å². The Kier molecular flexibility index (Phi) is 5.97. The number of carbonyl (C=O) groups is 3.